The average Bonchev–Trinajstić information content (AvgIpc) is 2.90. The van der Waals surface area contributed by atoms with Crippen LogP contribution in [0.5, 0.6) is 0 Å². The maximum atomic E-state index is 11.6. The first-order valence-electron chi connectivity index (χ1n) is 5.44. The van der Waals surface area contributed by atoms with Crippen LogP contribution in [0.2, 0.25) is 0 Å². The smallest absolute Gasteiger partial charge is 0.223 e. The van der Waals surface area contributed by atoms with E-state index in [9.17, 15) is 9.59 Å². The van der Waals surface area contributed by atoms with E-state index in [4.69, 9.17) is 0 Å². The molecule has 0 aromatic heterocycles. The zero-order chi connectivity index (χ0) is 10.1. The van der Waals surface area contributed by atoms with E-state index >= 15 is 0 Å². The molecule has 1 saturated carbocycles. The second-order valence-electron chi connectivity index (χ2n) is 4.61. The fourth-order valence-corrected chi connectivity index (χ4v) is 2.31. The molecule has 3 nitrogen and oxygen atoms in total. The number of ketones is 1. The highest BCUT2D eigenvalue weighted by atomic mass is 16.2. The molecule has 1 heterocycles. The molecule has 14 heavy (non-hydrogen) atoms. The summed E-state index contributed by atoms with van der Waals surface area (Å²) in [6, 6.07) is 0. The Kier molecular flexibility index (Phi) is 2.57. The minimum absolute atomic E-state index is 0.0863. The molecule has 0 aromatic rings. The summed E-state index contributed by atoms with van der Waals surface area (Å²) >= 11 is 0. The summed E-state index contributed by atoms with van der Waals surface area (Å²) in [7, 11) is 0. The highest BCUT2D eigenvalue weighted by Crippen LogP contribution is 2.41. The third-order valence-electron chi connectivity index (χ3n) is 3.26. The number of rotatable bonds is 3. The van der Waals surface area contributed by atoms with Gasteiger partial charge >= 0.3 is 0 Å². The van der Waals surface area contributed by atoms with E-state index in [0.717, 1.165) is 18.9 Å². The summed E-state index contributed by atoms with van der Waals surface area (Å²) in [5.74, 6) is 1.70. The molecule has 1 amide bonds. The van der Waals surface area contributed by atoms with Crippen molar-refractivity contribution in [1.29, 1.82) is 0 Å². The van der Waals surface area contributed by atoms with E-state index in [-0.39, 0.29) is 11.7 Å². The highest BCUT2D eigenvalue weighted by molar-refractivity contribution is 5.85. The van der Waals surface area contributed by atoms with Crippen LogP contribution in [0, 0.1) is 11.8 Å². The van der Waals surface area contributed by atoms with Crippen LogP contribution in [0.1, 0.15) is 32.6 Å². The molecule has 1 aliphatic heterocycles. The molecule has 0 bridgehead atoms. The summed E-state index contributed by atoms with van der Waals surface area (Å²) in [6.45, 7) is 2.65. The van der Waals surface area contributed by atoms with Gasteiger partial charge in [0, 0.05) is 13.0 Å². The lowest BCUT2D eigenvalue weighted by Gasteiger charge is -2.31. The largest absolute Gasteiger partial charge is 0.335 e. The van der Waals surface area contributed by atoms with Crippen molar-refractivity contribution >= 4 is 11.7 Å². The van der Waals surface area contributed by atoms with Gasteiger partial charge in [0.2, 0.25) is 5.91 Å². The number of hydrogen-bond acceptors (Lipinski definition) is 2. The second-order valence-corrected chi connectivity index (χ2v) is 4.61. The van der Waals surface area contributed by atoms with Gasteiger partial charge in [0.05, 0.1) is 6.54 Å². The van der Waals surface area contributed by atoms with Crippen LogP contribution in [-0.4, -0.2) is 29.7 Å². The standard InChI is InChI=1S/C11H17NO2/c1-8(13)7-12-5-4-10(6-11(12)14)9-2-3-9/h9-10H,2-7H2,1H3. The molecule has 1 atom stereocenters. The Hall–Kier alpha value is -0.860. The minimum atomic E-state index is 0.0863. The molecule has 0 radical (unpaired) electrons. The molecule has 3 heteroatoms. The van der Waals surface area contributed by atoms with Crippen molar-refractivity contribution < 1.29 is 9.59 Å². The predicted octanol–water partition coefficient (Wildman–Crippen LogP) is 1.22. The Labute approximate surface area is 84.5 Å². The van der Waals surface area contributed by atoms with Crippen LogP contribution in [-0.2, 0) is 9.59 Å². The lowest BCUT2D eigenvalue weighted by Crippen LogP contribution is -2.41. The summed E-state index contributed by atoms with van der Waals surface area (Å²) in [5, 5.41) is 0. The van der Waals surface area contributed by atoms with Crippen LogP contribution < -0.4 is 0 Å². The van der Waals surface area contributed by atoms with Gasteiger partial charge < -0.3 is 4.90 Å². The summed E-state index contributed by atoms with van der Waals surface area (Å²) < 4.78 is 0. The number of piperidine rings is 1. The lowest BCUT2D eigenvalue weighted by molar-refractivity contribution is -0.138. The molecule has 0 N–H and O–H groups in total. The Morgan fingerprint density at radius 1 is 1.36 bits per heavy atom. The first-order valence-corrected chi connectivity index (χ1v) is 5.44. The number of Topliss-reactive ketones (excluding diaryl/α,β-unsaturated/α-hetero) is 1. The fourth-order valence-electron chi connectivity index (χ4n) is 2.31. The highest BCUT2D eigenvalue weighted by Gasteiger charge is 2.36. The van der Waals surface area contributed by atoms with Gasteiger partial charge in [0.1, 0.15) is 5.78 Å². The van der Waals surface area contributed by atoms with Crippen molar-refractivity contribution in [2.75, 3.05) is 13.1 Å². The first-order chi connectivity index (χ1) is 6.66. The van der Waals surface area contributed by atoms with Crippen molar-refractivity contribution in [3.05, 3.63) is 0 Å². The van der Waals surface area contributed by atoms with Crippen molar-refractivity contribution in [2.45, 2.75) is 32.6 Å². The average molecular weight is 195 g/mol. The van der Waals surface area contributed by atoms with E-state index in [1.54, 1.807) is 11.8 Å². The van der Waals surface area contributed by atoms with Crippen LogP contribution in [0.4, 0.5) is 0 Å². The molecular weight excluding hydrogens is 178 g/mol. The van der Waals surface area contributed by atoms with Crippen molar-refractivity contribution in [1.82, 2.24) is 4.90 Å². The van der Waals surface area contributed by atoms with E-state index in [0.29, 0.717) is 18.9 Å². The SMILES string of the molecule is CC(=O)CN1CCC(C2CC2)CC1=O. The molecule has 2 rings (SSSR count). The van der Waals surface area contributed by atoms with Gasteiger partial charge in [-0.3, -0.25) is 9.59 Å². The van der Waals surface area contributed by atoms with Crippen LogP contribution in [0.15, 0.2) is 0 Å². The Morgan fingerprint density at radius 3 is 2.57 bits per heavy atom. The van der Waals surface area contributed by atoms with E-state index < -0.39 is 0 Å². The number of amides is 1. The van der Waals surface area contributed by atoms with Gasteiger partial charge in [0.15, 0.2) is 0 Å². The third-order valence-corrected chi connectivity index (χ3v) is 3.26. The van der Waals surface area contributed by atoms with Gasteiger partial charge in [-0.15, -0.1) is 0 Å². The Bertz CT molecular complexity index is 258. The molecule has 1 unspecified atom stereocenters. The van der Waals surface area contributed by atoms with Gasteiger partial charge in [-0.05, 0) is 38.0 Å². The maximum absolute atomic E-state index is 11.6. The van der Waals surface area contributed by atoms with E-state index in [2.05, 4.69) is 0 Å². The number of carbonyl (C=O) groups excluding carboxylic acids is 2. The zero-order valence-corrected chi connectivity index (χ0v) is 8.66. The maximum Gasteiger partial charge on any atom is 0.223 e. The van der Waals surface area contributed by atoms with E-state index in [1.807, 2.05) is 0 Å². The van der Waals surface area contributed by atoms with Gasteiger partial charge in [-0.2, -0.15) is 0 Å². The molecule has 78 valence electrons. The fraction of sp³-hybridized carbons (Fsp3) is 0.818. The molecule has 1 saturated heterocycles. The predicted molar refractivity (Wildman–Crippen MR) is 52.7 cm³/mol. The molecular formula is C11H17NO2. The number of carbonyl (C=O) groups is 2. The first kappa shape index (κ1) is 9.69. The van der Waals surface area contributed by atoms with Gasteiger partial charge in [-0.25, -0.2) is 0 Å². The Balaban J connectivity index is 1.86. The number of likely N-dealkylation sites (tertiary alicyclic amines) is 1. The van der Waals surface area contributed by atoms with Crippen LogP contribution in [0.25, 0.3) is 0 Å². The molecule has 2 fully saturated rings. The van der Waals surface area contributed by atoms with Crippen LogP contribution >= 0.6 is 0 Å². The summed E-state index contributed by atoms with van der Waals surface area (Å²) in [4.78, 5) is 24.2. The molecule has 0 aromatic carbocycles. The second kappa shape index (κ2) is 3.71. The molecule has 2 aliphatic rings. The van der Waals surface area contributed by atoms with Crippen molar-refractivity contribution in [3.8, 4) is 0 Å². The summed E-state index contributed by atoms with van der Waals surface area (Å²) in [5.41, 5.74) is 0. The van der Waals surface area contributed by atoms with E-state index in [1.165, 1.54) is 12.8 Å². The number of nitrogens with zero attached hydrogens (tertiary/aromatic N) is 1. The normalized spacial score (nSPS) is 27.9. The minimum Gasteiger partial charge on any atom is -0.335 e. The lowest BCUT2D eigenvalue weighted by atomic mass is 9.91. The Morgan fingerprint density at radius 2 is 2.07 bits per heavy atom. The monoisotopic (exact) mass is 195 g/mol. The summed E-state index contributed by atoms with van der Waals surface area (Å²) in [6.07, 6.45) is 4.40. The van der Waals surface area contributed by atoms with Gasteiger partial charge in [0.25, 0.3) is 0 Å². The molecule has 1 aliphatic carbocycles. The van der Waals surface area contributed by atoms with Crippen molar-refractivity contribution in [3.63, 3.8) is 0 Å². The zero-order valence-electron chi connectivity index (χ0n) is 8.66. The third kappa shape index (κ3) is 2.14. The molecule has 0 spiro atoms. The topological polar surface area (TPSA) is 37.4 Å². The number of hydrogen-bond donors (Lipinski definition) is 0. The van der Waals surface area contributed by atoms with Crippen LogP contribution in [0.3, 0.4) is 0 Å². The van der Waals surface area contributed by atoms with Gasteiger partial charge in [-0.1, -0.05) is 0 Å². The quantitative estimate of drug-likeness (QED) is 0.679. The van der Waals surface area contributed by atoms with Crippen molar-refractivity contribution in [2.24, 2.45) is 11.8 Å².